The molecule has 3 aromatic carbocycles. The van der Waals surface area contributed by atoms with Gasteiger partial charge in [0.2, 0.25) is 0 Å². The molecule has 128 valence electrons. The first-order valence-electron chi connectivity index (χ1n) is 7.70. The van der Waals surface area contributed by atoms with Crippen molar-refractivity contribution in [2.75, 3.05) is 10.0 Å². The Labute approximate surface area is 152 Å². The Morgan fingerprint density at radius 1 is 0.760 bits per heavy atom. The molecule has 0 aliphatic heterocycles. The van der Waals surface area contributed by atoms with Crippen LogP contribution in [-0.4, -0.2) is 8.42 Å². The summed E-state index contributed by atoms with van der Waals surface area (Å²) in [5, 5.41) is 3.48. The molecule has 0 aliphatic carbocycles. The molecule has 0 aliphatic rings. The first-order chi connectivity index (χ1) is 12.0. The highest BCUT2D eigenvalue weighted by molar-refractivity contribution is 7.92. The summed E-state index contributed by atoms with van der Waals surface area (Å²) in [5.74, 6) is 0. The lowest BCUT2D eigenvalue weighted by molar-refractivity contribution is 0.601. The molecule has 0 spiro atoms. The maximum Gasteiger partial charge on any atom is 0.263 e. The minimum absolute atomic E-state index is 0.0583. The first kappa shape index (κ1) is 17.3. The van der Waals surface area contributed by atoms with E-state index in [1.165, 1.54) is 11.6 Å². The average molecular weight is 373 g/mol. The normalized spacial score (nSPS) is 11.1. The van der Waals surface area contributed by atoms with Crippen LogP contribution in [0.25, 0.3) is 0 Å². The average Bonchev–Trinajstić information content (AvgIpc) is 2.62. The van der Waals surface area contributed by atoms with Crippen LogP contribution in [0, 0.1) is 0 Å². The van der Waals surface area contributed by atoms with E-state index in [-0.39, 0.29) is 9.92 Å². The molecule has 0 fully saturated rings. The van der Waals surface area contributed by atoms with Crippen molar-refractivity contribution < 1.29 is 8.42 Å². The van der Waals surface area contributed by atoms with E-state index < -0.39 is 10.0 Å². The van der Waals surface area contributed by atoms with Crippen molar-refractivity contribution >= 4 is 33.0 Å². The van der Waals surface area contributed by atoms with E-state index >= 15 is 0 Å². The quantitative estimate of drug-likeness (QED) is 0.656. The van der Waals surface area contributed by atoms with Gasteiger partial charge in [0.15, 0.2) is 0 Å². The molecule has 0 atom stereocenters. The standard InChI is InChI=1S/C19H17ClN2O2S/c20-18-8-4-5-9-19(18)25(23,24)22-17-12-10-16(11-13-17)21-14-15-6-2-1-3-7-15/h1-13,21-22H,14H2. The summed E-state index contributed by atoms with van der Waals surface area (Å²) in [7, 11) is -3.71. The minimum atomic E-state index is -3.71. The van der Waals surface area contributed by atoms with Crippen molar-refractivity contribution in [2.24, 2.45) is 0 Å². The van der Waals surface area contributed by atoms with Gasteiger partial charge in [-0.05, 0) is 42.0 Å². The number of nitrogens with one attached hydrogen (secondary N) is 2. The Kier molecular flexibility index (Phi) is 5.26. The predicted octanol–water partition coefficient (Wildman–Crippen LogP) is 4.75. The van der Waals surface area contributed by atoms with Crippen LogP contribution in [0.2, 0.25) is 5.02 Å². The van der Waals surface area contributed by atoms with E-state index in [2.05, 4.69) is 10.0 Å². The molecule has 3 aromatic rings. The van der Waals surface area contributed by atoms with Gasteiger partial charge in [0.1, 0.15) is 4.90 Å². The number of halogens is 1. The van der Waals surface area contributed by atoms with Crippen molar-refractivity contribution in [1.82, 2.24) is 0 Å². The van der Waals surface area contributed by atoms with Crippen LogP contribution < -0.4 is 10.0 Å². The van der Waals surface area contributed by atoms with Gasteiger partial charge in [0.25, 0.3) is 10.0 Å². The van der Waals surface area contributed by atoms with Gasteiger partial charge in [-0.15, -0.1) is 0 Å². The SMILES string of the molecule is O=S(=O)(Nc1ccc(NCc2ccccc2)cc1)c1ccccc1Cl. The lowest BCUT2D eigenvalue weighted by Gasteiger charge is -2.11. The van der Waals surface area contributed by atoms with Crippen molar-refractivity contribution in [1.29, 1.82) is 0 Å². The summed E-state index contributed by atoms with van der Waals surface area (Å²) in [6.45, 7) is 0.700. The molecule has 25 heavy (non-hydrogen) atoms. The number of hydrogen-bond donors (Lipinski definition) is 2. The van der Waals surface area contributed by atoms with Gasteiger partial charge in [-0.3, -0.25) is 4.72 Å². The molecule has 3 rings (SSSR count). The van der Waals surface area contributed by atoms with Gasteiger partial charge in [-0.1, -0.05) is 54.1 Å². The number of sulfonamides is 1. The first-order valence-corrected chi connectivity index (χ1v) is 9.56. The van der Waals surface area contributed by atoms with Crippen molar-refractivity contribution in [3.05, 3.63) is 89.4 Å². The molecular weight excluding hydrogens is 356 g/mol. The van der Waals surface area contributed by atoms with Crippen LogP contribution >= 0.6 is 11.6 Å². The molecule has 0 heterocycles. The predicted molar refractivity (Wildman–Crippen MR) is 102 cm³/mol. The number of rotatable bonds is 6. The van der Waals surface area contributed by atoms with Crippen LogP contribution in [0.3, 0.4) is 0 Å². The largest absolute Gasteiger partial charge is 0.381 e. The Morgan fingerprint density at radius 2 is 1.36 bits per heavy atom. The second-order valence-electron chi connectivity index (χ2n) is 5.45. The summed E-state index contributed by atoms with van der Waals surface area (Å²) in [5.41, 5.74) is 2.56. The second kappa shape index (κ2) is 7.59. The van der Waals surface area contributed by atoms with E-state index in [1.807, 2.05) is 42.5 Å². The summed E-state index contributed by atoms with van der Waals surface area (Å²) in [4.78, 5) is 0.0583. The lowest BCUT2D eigenvalue weighted by Crippen LogP contribution is -2.13. The zero-order chi connectivity index (χ0) is 17.7. The topological polar surface area (TPSA) is 58.2 Å². The molecule has 0 aromatic heterocycles. The van der Waals surface area contributed by atoms with Gasteiger partial charge < -0.3 is 5.32 Å². The van der Waals surface area contributed by atoms with Crippen LogP contribution in [0.5, 0.6) is 0 Å². The fourth-order valence-corrected chi connectivity index (χ4v) is 3.91. The summed E-state index contributed by atoms with van der Waals surface area (Å²) < 4.78 is 27.4. The smallest absolute Gasteiger partial charge is 0.263 e. The molecule has 0 radical (unpaired) electrons. The summed E-state index contributed by atoms with van der Waals surface area (Å²) >= 11 is 5.97. The third-order valence-corrected chi connectivity index (χ3v) is 5.48. The van der Waals surface area contributed by atoms with Gasteiger partial charge in [0.05, 0.1) is 5.02 Å². The van der Waals surface area contributed by atoms with E-state index in [0.29, 0.717) is 12.2 Å². The lowest BCUT2D eigenvalue weighted by atomic mass is 10.2. The van der Waals surface area contributed by atoms with Crippen LogP contribution in [0.1, 0.15) is 5.56 Å². The van der Waals surface area contributed by atoms with Gasteiger partial charge in [-0.25, -0.2) is 8.42 Å². The second-order valence-corrected chi connectivity index (χ2v) is 7.51. The Hall–Kier alpha value is -2.50. The highest BCUT2D eigenvalue weighted by Gasteiger charge is 2.17. The third kappa shape index (κ3) is 4.53. The Balaban J connectivity index is 1.67. The molecule has 0 saturated carbocycles. The van der Waals surface area contributed by atoms with E-state index in [9.17, 15) is 8.42 Å². The van der Waals surface area contributed by atoms with E-state index in [4.69, 9.17) is 11.6 Å². The number of benzene rings is 3. The summed E-state index contributed by atoms with van der Waals surface area (Å²) in [6, 6.07) is 23.5. The van der Waals surface area contributed by atoms with Gasteiger partial charge in [-0.2, -0.15) is 0 Å². The van der Waals surface area contributed by atoms with Crippen molar-refractivity contribution in [3.63, 3.8) is 0 Å². The Morgan fingerprint density at radius 3 is 2.04 bits per heavy atom. The fraction of sp³-hybridized carbons (Fsp3) is 0.0526. The van der Waals surface area contributed by atoms with Gasteiger partial charge >= 0.3 is 0 Å². The molecule has 0 amide bonds. The molecule has 6 heteroatoms. The molecule has 0 bridgehead atoms. The minimum Gasteiger partial charge on any atom is -0.381 e. The molecule has 4 nitrogen and oxygen atoms in total. The van der Waals surface area contributed by atoms with E-state index in [1.54, 1.807) is 30.3 Å². The van der Waals surface area contributed by atoms with Crippen molar-refractivity contribution in [3.8, 4) is 0 Å². The third-order valence-electron chi connectivity index (χ3n) is 3.60. The Bertz CT molecular complexity index is 943. The maximum absolute atomic E-state index is 12.4. The molecule has 0 unspecified atom stereocenters. The van der Waals surface area contributed by atoms with E-state index in [0.717, 1.165) is 5.69 Å². The maximum atomic E-state index is 12.4. The number of hydrogen-bond acceptors (Lipinski definition) is 3. The highest BCUT2D eigenvalue weighted by atomic mass is 35.5. The van der Waals surface area contributed by atoms with Crippen LogP contribution in [-0.2, 0) is 16.6 Å². The molecule has 2 N–H and O–H groups in total. The zero-order valence-corrected chi connectivity index (χ0v) is 14.9. The van der Waals surface area contributed by atoms with Gasteiger partial charge in [0, 0.05) is 17.9 Å². The molecule has 0 saturated heterocycles. The number of anilines is 2. The van der Waals surface area contributed by atoms with Crippen molar-refractivity contribution in [2.45, 2.75) is 11.4 Å². The summed E-state index contributed by atoms with van der Waals surface area (Å²) in [6.07, 6.45) is 0. The van der Waals surface area contributed by atoms with Crippen LogP contribution in [0.15, 0.2) is 83.8 Å². The monoisotopic (exact) mass is 372 g/mol. The van der Waals surface area contributed by atoms with Crippen LogP contribution in [0.4, 0.5) is 11.4 Å². The molecular formula is C19H17ClN2O2S. The fourth-order valence-electron chi connectivity index (χ4n) is 2.33. The highest BCUT2D eigenvalue weighted by Crippen LogP contribution is 2.24. The zero-order valence-electron chi connectivity index (χ0n) is 13.3.